The summed E-state index contributed by atoms with van der Waals surface area (Å²) in [5.41, 5.74) is 6.18. The van der Waals surface area contributed by atoms with E-state index in [1.165, 1.54) is 28.7 Å². The van der Waals surface area contributed by atoms with Crippen LogP contribution in [0.2, 0.25) is 5.02 Å². The van der Waals surface area contributed by atoms with Gasteiger partial charge >= 0.3 is 0 Å². The van der Waals surface area contributed by atoms with Gasteiger partial charge in [0.25, 0.3) is 0 Å². The van der Waals surface area contributed by atoms with Gasteiger partial charge in [0.1, 0.15) is 0 Å². The fourth-order valence-electron chi connectivity index (χ4n) is 2.33. The molecule has 0 bridgehead atoms. The second-order valence-corrected chi connectivity index (χ2v) is 5.70. The first-order valence-electron chi connectivity index (χ1n) is 7.18. The Morgan fingerprint density at radius 3 is 2.45 bits per heavy atom. The number of aryl methyl sites for hydroxylation is 2. The molecule has 0 saturated carbocycles. The number of rotatable bonds is 5. The lowest BCUT2D eigenvalue weighted by Gasteiger charge is -2.11. The molecule has 1 nitrogen and oxygen atoms in total. The normalized spacial score (nSPS) is 10.8. The van der Waals surface area contributed by atoms with E-state index in [4.69, 9.17) is 11.6 Å². The van der Waals surface area contributed by atoms with Crippen LogP contribution in [0.1, 0.15) is 30.0 Å². The lowest BCUT2D eigenvalue weighted by Crippen LogP contribution is -2.13. The van der Waals surface area contributed by atoms with Gasteiger partial charge in [0.15, 0.2) is 0 Å². The maximum Gasteiger partial charge on any atom is 0.0441 e. The van der Waals surface area contributed by atoms with Gasteiger partial charge < -0.3 is 5.32 Å². The summed E-state index contributed by atoms with van der Waals surface area (Å²) >= 11 is 6.22. The SMILES string of the molecule is CCCNCc1ccc(-c2ccc(C)c(Cl)c2)c(C)c1. The van der Waals surface area contributed by atoms with Crippen LogP contribution in [-0.2, 0) is 6.54 Å². The van der Waals surface area contributed by atoms with Crippen LogP contribution < -0.4 is 5.32 Å². The monoisotopic (exact) mass is 287 g/mol. The lowest BCUT2D eigenvalue weighted by atomic mass is 9.97. The molecule has 2 heteroatoms. The Balaban J connectivity index is 2.22. The van der Waals surface area contributed by atoms with E-state index >= 15 is 0 Å². The molecule has 0 atom stereocenters. The first-order valence-corrected chi connectivity index (χ1v) is 7.56. The van der Waals surface area contributed by atoms with Crippen molar-refractivity contribution in [3.8, 4) is 11.1 Å². The summed E-state index contributed by atoms with van der Waals surface area (Å²) in [4.78, 5) is 0. The van der Waals surface area contributed by atoms with Crippen molar-refractivity contribution in [1.82, 2.24) is 5.32 Å². The molecule has 0 amide bonds. The molecule has 0 heterocycles. The molecule has 20 heavy (non-hydrogen) atoms. The Morgan fingerprint density at radius 1 is 1.00 bits per heavy atom. The molecule has 0 saturated heterocycles. The van der Waals surface area contributed by atoms with Gasteiger partial charge in [-0.25, -0.2) is 0 Å². The van der Waals surface area contributed by atoms with Gasteiger partial charge in [0.2, 0.25) is 0 Å². The smallest absolute Gasteiger partial charge is 0.0441 e. The highest BCUT2D eigenvalue weighted by Gasteiger charge is 2.05. The van der Waals surface area contributed by atoms with Gasteiger partial charge in [0.05, 0.1) is 0 Å². The summed E-state index contributed by atoms with van der Waals surface area (Å²) in [5.74, 6) is 0. The summed E-state index contributed by atoms with van der Waals surface area (Å²) in [6.07, 6.45) is 1.17. The predicted molar refractivity (Wildman–Crippen MR) is 88.4 cm³/mol. The summed E-state index contributed by atoms with van der Waals surface area (Å²) < 4.78 is 0. The fraction of sp³-hybridized carbons (Fsp3) is 0.333. The molecule has 0 aliphatic carbocycles. The van der Waals surface area contributed by atoms with E-state index in [2.05, 4.69) is 49.5 Å². The molecule has 0 aliphatic rings. The van der Waals surface area contributed by atoms with E-state index < -0.39 is 0 Å². The zero-order valence-corrected chi connectivity index (χ0v) is 13.2. The zero-order chi connectivity index (χ0) is 14.5. The number of nitrogens with one attached hydrogen (secondary N) is 1. The third-order valence-electron chi connectivity index (χ3n) is 3.53. The maximum atomic E-state index is 6.22. The molecule has 0 aromatic heterocycles. The van der Waals surface area contributed by atoms with Crippen molar-refractivity contribution < 1.29 is 0 Å². The van der Waals surface area contributed by atoms with Crippen molar-refractivity contribution in [1.29, 1.82) is 0 Å². The second-order valence-electron chi connectivity index (χ2n) is 5.29. The van der Waals surface area contributed by atoms with Crippen LogP contribution >= 0.6 is 11.6 Å². The molecular formula is C18H22ClN. The molecule has 0 unspecified atom stereocenters. The minimum absolute atomic E-state index is 0.829. The van der Waals surface area contributed by atoms with E-state index in [1.54, 1.807) is 0 Å². The molecule has 1 N–H and O–H groups in total. The number of hydrogen-bond donors (Lipinski definition) is 1. The number of hydrogen-bond acceptors (Lipinski definition) is 1. The van der Waals surface area contributed by atoms with E-state index in [0.29, 0.717) is 0 Å². The fourth-order valence-corrected chi connectivity index (χ4v) is 2.51. The standard InChI is InChI=1S/C18H22ClN/c1-4-9-20-12-15-6-8-17(14(3)10-15)16-7-5-13(2)18(19)11-16/h5-8,10-11,20H,4,9,12H2,1-3H3. The highest BCUT2D eigenvalue weighted by atomic mass is 35.5. The van der Waals surface area contributed by atoms with Crippen molar-refractivity contribution in [2.24, 2.45) is 0 Å². The van der Waals surface area contributed by atoms with Crippen LogP contribution in [0.15, 0.2) is 36.4 Å². The molecule has 2 aromatic carbocycles. The van der Waals surface area contributed by atoms with Crippen LogP contribution in [0.25, 0.3) is 11.1 Å². The summed E-state index contributed by atoms with van der Waals surface area (Å²) in [6.45, 7) is 8.37. The average molecular weight is 288 g/mol. The van der Waals surface area contributed by atoms with Crippen LogP contribution in [-0.4, -0.2) is 6.54 Å². The first-order chi connectivity index (χ1) is 9.61. The average Bonchev–Trinajstić information content (AvgIpc) is 2.43. The van der Waals surface area contributed by atoms with E-state index in [9.17, 15) is 0 Å². The lowest BCUT2D eigenvalue weighted by molar-refractivity contribution is 0.675. The predicted octanol–water partition coefficient (Wildman–Crippen LogP) is 5.12. The van der Waals surface area contributed by atoms with E-state index in [-0.39, 0.29) is 0 Å². The van der Waals surface area contributed by atoms with E-state index in [0.717, 1.165) is 23.7 Å². The highest BCUT2D eigenvalue weighted by molar-refractivity contribution is 6.31. The summed E-state index contributed by atoms with van der Waals surface area (Å²) in [5, 5.41) is 4.26. The maximum absolute atomic E-state index is 6.22. The first kappa shape index (κ1) is 15.1. The van der Waals surface area contributed by atoms with E-state index in [1.807, 2.05) is 13.0 Å². The van der Waals surface area contributed by atoms with Crippen molar-refractivity contribution in [3.05, 3.63) is 58.1 Å². The Morgan fingerprint density at radius 2 is 1.80 bits per heavy atom. The van der Waals surface area contributed by atoms with Gasteiger partial charge in [0, 0.05) is 11.6 Å². The van der Waals surface area contributed by atoms with Gasteiger partial charge in [-0.15, -0.1) is 0 Å². The molecule has 2 rings (SSSR count). The Kier molecular flexibility index (Phi) is 5.22. The molecule has 0 fully saturated rings. The van der Waals surface area contributed by atoms with Crippen LogP contribution in [0.5, 0.6) is 0 Å². The molecular weight excluding hydrogens is 266 g/mol. The largest absolute Gasteiger partial charge is 0.313 e. The third kappa shape index (κ3) is 3.62. The molecule has 106 valence electrons. The molecule has 0 spiro atoms. The van der Waals surface area contributed by atoms with Gasteiger partial charge in [-0.1, -0.05) is 48.9 Å². The Bertz CT molecular complexity index is 590. The number of halogens is 1. The van der Waals surface area contributed by atoms with Gasteiger partial charge in [-0.3, -0.25) is 0 Å². The van der Waals surface area contributed by atoms with Crippen LogP contribution in [0, 0.1) is 13.8 Å². The van der Waals surface area contributed by atoms with Crippen LogP contribution in [0.4, 0.5) is 0 Å². The topological polar surface area (TPSA) is 12.0 Å². The minimum Gasteiger partial charge on any atom is -0.313 e. The minimum atomic E-state index is 0.829. The Hall–Kier alpha value is -1.31. The van der Waals surface area contributed by atoms with Gasteiger partial charge in [-0.2, -0.15) is 0 Å². The molecule has 0 aliphatic heterocycles. The van der Waals surface area contributed by atoms with Gasteiger partial charge in [-0.05, 0) is 60.7 Å². The number of benzene rings is 2. The molecule has 2 aromatic rings. The zero-order valence-electron chi connectivity index (χ0n) is 12.5. The van der Waals surface area contributed by atoms with Crippen molar-refractivity contribution in [3.63, 3.8) is 0 Å². The Labute approximate surface area is 127 Å². The molecule has 0 radical (unpaired) electrons. The van der Waals surface area contributed by atoms with Crippen LogP contribution in [0.3, 0.4) is 0 Å². The quantitative estimate of drug-likeness (QED) is 0.752. The van der Waals surface area contributed by atoms with Crippen molar-refractivity contribution in [2.75, 3.05) is 6.54 Å². The summed E-state index contributed by atoms with van der Waals surface area (Å²) in [7, 11) is 0. The van der Waals surface area contributed by atoms with Crippen molar-refractivity contribution in [2.45, 2.75) is 33.7 Å². The van der Waals surface area contributed by atoms with Crippen molar-refractivity contribution >= 4 is 11.6 Å². The highest BCUT2D eigenvalue weighted by Crippen LogP contribution is 2.28. The summed E-state index contributed by atoms with van der Waals surface area (Å²) in [6, 6.07) is 12.9. The third-order valence-corrected chi connectivity index (χ3v) is 3.94. The second kappa shape index (κ2) is 6.92.